The second kappa shape index (κ2) is 6.03. The third kappa shape index (κ3) is 2.64. The number of hydrogen-bond donors (Lipinski definition) is 1. The van der Waals surface area contributed by atoms with Crippen LogP contribution in [0.4, 0.5) is 0 Å². The number of pyridine rings is 1. The first-order valence-corrected chi connectivity index (χ1v) is 8.34. The Bertz CT molecular complexity index is 1080. The van der Waals surface area contributed by atoms with E-state index in [1.54, 1.807) is 34.5 Å². The van der Waals surface area contributed by atoms with Crippen LogP contribution in [0.5, 0.6) is 11.5 Å². The van der Waals surface area contributed by atoms with E-state index in [0.717, 1.165) is 10.1 Å². The van der Waals surface area contributed by atoms with Crippen molar-refractivity contribution >= 4 is 27.2 Å². The summed E-state index contributed by atoms with van der Waals surface area (Å²) in [5, 5.41) is 17.2. The van der Waals surface area contributed by atoms with Crippen LogP contribution in [0.2, 0.25) is 0 Å². The Morgan fingerprint density at radius 2 is 2.16 bits per heavy atom. The molecule has 124 valence electrons. The molecule has 4 aromatic rings. The number of aromatic hydroxyl groups is 1. The Hall–Kier alpha value is -3.19. The average molecular weight is 351 g/mol. The van der Waals surface area contributed by atoms with Gasteiger partial charge >= 0.3 is 0 Å². The number of thiophene rings is 1. The number of carbonyl (C=O) groups is 1. The second-order valence-corrected chi connectivity index (χ2v) is 6.30. The summed E-state index contributed by atoms with van der Waals surface area (Å²) in [5.41, 5.74) is 0.526. The van der Waals surface area contributed by atoms with E-state index in [1.807, 2.05) is 17.5 Å². The van der Waals surface area contributed by atoms with Gasteiger partial charge in [-0.2, -0.15) is 5.10 Å². The van der Waals surface area contributed by atoms with E-state index in [1.165, 1.54) is 25.4 Å². The van der Waals surface area contributed by atoms with Crippen molar-refractivity contribution in [3.63, 3.8) is 0 Å². The second-order valence-electron chi connectivity index (χ2n) is 5.35. The van der Waals surface area contributed by atoms with Crippen molar-refractivity contribution in [2.75, 3.05) is 7.11 Å². The third-order valence-corrected chi connectivity index (χ3v) is 4.75. The molecular weight excluding hydrogens is 338 g/mol. The summed E-state index contributed by atoms with van der Waals surface area (Å²) < 4.78 is 7.78. The minimum absolute atomic E-state index is 0.100. The molecule has 0 aliphatic carbocycles. The van der Waals surface area contributed by atoms with E-state index in [2.05, 4.69) is 10.1 Å². The number of hydrogen-bond acceptors (Lipinski definition) is 6. The number of rotatable bonds is 4. The molecule has 0 fully saturated rings. The molecule has 3 heterocycles. The minimum Gasteiger partial charge on any atom is -0.507 e. The SMILES string of the molecule is COc1ccc(O)c(C(=O)c2cnn(-c3nccc4sccc34)c2)c1. The fraction of sp³-hybridized carbons (Fsp3) is 0.0556. The van der Waals surface area contributed by atoms with Crippen molar-refractivity contribution in [3.8, 4) is 17.3 Å². The number of fused-ring (bicyclic) bond motifs is 1. The van der Waals surface area contributed by atoms with Crippen LogP contribution in [0.15, 0.2) is 54.3 Å². The first kappa shape index (κ1) is 15.3. The molecule has 7 heteroatoms. The lowest BCUT2D eigenvalue weighted by atomic mass is 10.1. The summed E-state index contributed by atoms with van der Waals surface area (Å²) in [6.45, 7) is 0. The fourth-order valence-electron chi connectivity index (χ4n) is 2.60. The van der Waals surface area contributed by atoms with Crippen LogP contribution < -0.4 is 4.74 Å². The van der Waals surface area contributed by atoms with Crippen LogP contribution in [0.25, 0.3) is 15.9 Å². The molecule has 0 radical (unpaired) electrons. The van der Waals surface area contributed by atoms with Crippen molar-refractivity contribution in [2.24, 2.45) is 0 Å². The van der Waals surface area contributed by atoms with Gasteiger partial charge in [0.05, 0.1) is 24.4 Å². The molecule has 0 aliphatic rings. The Morgan fingerprint density at radius 3 is 3.00 bits per heavy atom. The zero-order chi connectivity index (χ0) is 17.4. The molecular formula is C18H13N3O3S. The van der Waals surface area contributed by atoms with Gasteiger partial charge in [0, 0.05) is 22.5 Å². The number of nitrogens with zero attached hydrogens (tertiary/aromatic N) is 3. The number of phenolic OH excluding ortho intramolecular Hbond substituents is 1. The Kier molecular flexibility index (Phi) is 3.70. The number of aromatic nitrogens is 3. The van der Waals surface area contributed by atoms with E-state index >= 15 is 0 Å². The number of benzene rings is 1. The van der Waals surface area contributed by atoms with Crippen molar-refractivity contribution in [1.29, 1.82) is 0 Å². The molecule has 1 N–H and O–H groups in total. The lowest BCUT2D eigenvalue weighted by molar-refractivity contribution is 0.103. The highest BCUT2D eigenvalue weighted by atomic mass is 32.1. The number of ether oxygens (including phenoxy) is 1. The first-order valence-electron chi connectivity index (χ1n) is 7.46. The van der Waals surface area contributed by atoms with Gasteiger partial charge in [0.2, 0.25) is 0 Å². The number of methoxy groups -OCH3 is 1. The summed E-state index contributed by atoms with van der Waals surface area (Å²) >= 11 is 1.62. The quantitative estimate of drug-likeness (QED) is 0.570. The lowest BCUT2D eigenvalue weighted by Gasteiger charge is -2.05. The maximum atomic E-state index is 12.7. The van der Waals surface area contributed by atoms with Crippen LogP contribution in [0.1, 0.15) is 15.9 Å². The van der Waals surface area contributed by atoms with Gasteiger partial charge in [-0.1, -0.05) is 0 Å². The number of ketones is 1. The van der Waals surface area contributed by atoms with Gasteiger partial charge < -0.3 is 9.84 Å². The minimum atomic E-state index is -0.333. The zero-order valence-corrected chi connectivity index (χ0v) is 14.0. The van der Waals surface area contributed by atoms with Crippen molar-refractivity contribution in [1.82, 2.24) is 14.8 Å². The Labute approximate surface area is 146 Å². The molecule has 4 rings (SSSR count). The van der Waals surface area contributed by atoms with Gasteiger partial charge in [0.15, 0.2) is 11.6 Å². The normalized spacial score (nSPS) is 10.9. The molecule has 3 aromatic heterocycles. The maximum absolute atomic E-state index is 12.7. The highest BCUT2D eigenvalue weighted by molar-refractivity contribution is 7.17. The molecule has 0 spiro atoms. The Balaban J connectivity index is 1.74. The van der Waals surface area contributed by atoms with E-state index in [0.29, 0.717) is 17.1 Å². The van der Waals surface area contributed by atoms with Crippen LogP contribution in [0.3, 0.4) is 0 Å². The molecule has 0 atom stereocenters. The molecule has 0 amide bonds. The van der Waals surface area contributed by atoms with Crippen LogP contribution in [0, 0.1) is 0 Å². The molecule has 0 aliphatic heterocycles. The van der Waals surface area contributed by atoms with Crippen LogP contribution >= 0.6 is 11.3 Å². The van der Waals surface area contributed by atoms with Gasteiger partial charge in [0.25, 0.3) is 0 Å². The lowest BCUT2D eigenvalue weighted by Crippen LogP contribution is -2.02. The van der Waals surface area contributed by atoms with Gasteiger partial charge in [-0.3, -0.25) is 4.79 Å². The topological polar surface area (TPSA) is 77.2 Å². The summed E-state index contributed by atoms with van der Waals surface area (Å²) in [7, 11) is 1.51. The van der Waals surface area contributed by atoms with E-state index < -0.39 is 0 Å². The molecule has 0 saturated carbocycles. The monoisotopic (exact) mass is 351 g/mol. The van der Waals surface area contributed by atoms with Crippen LogP contribution in [-0.4, -0.2) is 32.8 Å². The summed E-state index contributed by atoms with van der Waals surface area (Å²) in [5.74, 6) is 0.725. The summed E-state index contributed by atoms with van der Waals surface area (Å²) in [6, 6.07) is 8.44. The van der Waals surface area contributed by atoms with Crippen LogP contribution in [-0.2, 0) is 0 Å². The smallest absolute Gasteiger partial charge is 0.200 e. The summed E-state index contributed by atoms with van der Waals surface area (Å²) in [4.78, 5) is 17.1. The predicted molar refractivity (Wildman–Crippen MR) is 94.8 cm³/mol. The maximum Gasteiger partial charge on any atom is 0.200 e. The molecule has 6 nitrogen and oxygen atoms in total. The van der Waals surface area contributed by atoms with Gasteiger partial charge in [-0.25, -0.2) is 9.67 Å². The zero-order valence-electron chi connectivity index (χ0n) is 13.2. The van der Waals surface area contributed by atoms with Gasteiger partial charge in [-0.05, 0) is 35.7 Å². The van der Waals surface area contributed by atoms with Crippen molar-refractivity contribution < 1.29 is 14.6 Å². The van der Waals surface area contributed by atoms with Gasteiger partial charge in [-0.15, -0.1) is 11.3 Å². The fourth-order valence-corrected chi connectivity index (χ4v) is 3.37. The van der Waals surface area contributed by atoms with E-state index in [-0.39, 0.29) is 17.1 Å². The first-order chi connectivity index (χ1) is 12.2. The molecule has 0 bridgehead atoms. The highest BCUT2D eigenvalue weighted by Crippen LogP contribution is 2.27. The van der Waals surface area contributed by atoms with E-state index in [4.69, 9.17) is 4.74 Å². The molecule has 0 unspecified atom stereocenters. The molecule has 25 heavy (non-hydrogen) atoms. The summed E-state index contributed by atoms with van der Waals surface area (Å²) in [6.07, 6.45) is 4.79. The highest BCUT2D eigenvalue weighted by Gasteiger charge is 2.17. The van der Waals surface area contributed by atoms with Crippen molar-refractivity contribution in [2.45, 2.75) is 0 Å². The Morgan fingerprint density at radius 1 is 1.28 bits per heavy atom. The largest absolute Gasteiger partial charge is 0.507 e. The van der Waals surface area contributed by atoms with Crippen molar-refractivity contribution in [3.05, 3.63) is 65.4 Å². The molecule has 0 saturated heterocycles. The number of phenols is 1. The average Bonchev–Trinajstić information content (AvgIpc) is 3.30. The predicted octanol–water partition coefficient (Wildman–Crippen LogP) is 3.43. The standard InChI is InChI=1S/C18H13N3O3S/c1-24-12-2-3-15(22)14(8-12)17(23)11-9-20-21(10-11)18-13-5-7-25-16(13)4-6-19-18/h2-10,22H,1H3. The van der Waals surface area contributed by atoms with E-state index in [9.17, 15) is 9.90 Å². The third-order valence-electron chi connectivity index (χ3n) is 3.87. The number of carbonyl (C=O) groups excluding carboxylic acids is 1. The van der Waals surface area contributed by atoms with Gasteiger partial charge in [0.1, 0.15) is 11.5 Å². The molecule has 1 aromatic carbocycles.